The first-order valence-corrected chi connectivity index (χ1v) is 5.84. The van der Waals surface area contributed by atoms with Crippen molar-refractivity contribution in [1.82, 2.24) is 10.6 Å². The molecule has 6 nitrogen and oxygen atoms in total. The Morgan fingerprint density at radius 2 is 1.95 bits per heavy atom. The molecule has 0 fully saturated rings. The predicted molar refractivity (Wildman–Crippen MR) is 72.3 cm³/mol. The van der Waals surface area contributed by atoms with E-state index in [-0.39, 0.29) is 25.2 Å². The van der Waals surface area contributed by atoms with Gasteiger partial charge in [0, 0.05) is 18.7 Å². The Morgan fingerprint density at radius 1 is 1.25 bits per heavy atom. The van der Waals surface area contributed by atoms with E-state index in [1.165, 1.54) is 12.1 Å². The molecule has 0 unspecified atom stereocenters. The smallest absolute Gasteiger partial charge is 0.312 e. The Balaban J connectivity index is 2.75. The number of nitrogens with two attached hydrogens (primary N) is 2. The Kier molecular flexibility index (Phi) is 6.00. The molecule has 0 aliphatic heterocycles. The lowest BCUT2D eigenvalue weighted by molar-refractivity contribution is 0.0953. The molecule has 6 N–H and O–H groups in total. The van der Waals surface area contributed by atoms with Crippen LogP contribution in [-0.2, 0) is 0 Å². The zero-order valence-corrected chi connectivity index (χ0v) is 10.7. The van der Waals surface area contributed by atoms with Gasteiger partial charge in [-0.1, -0.05) is 11.8 Å². The van der Waals surface area contributed by atoms with Crippen LogP contribution in [0.1, 0.15) is 15.9 Å². The maximum atomic E-state index is 13.2. The summed E-state index contributed by atoms with van der Waals surface area (Å²) < 4.78 is 13.2. The molecule has 0 atom stereocenters. The van der Waals surface area contributed by atoms with Crippen molar-refractivity contribution in [3.63, 3.8) is 0 Å². The van der Waals surface area contributed by atoms with Crippen molar-refractivity contribution in [2.45, 2.75) is 0 Å². The van der Waals surface area contributed by atoms with Gasteiger partial charge in [0.25, 0.3) is 5.91 Å². The quantitative estimate of drug-likeness (QED) is 0.441. The summed E-state index contributed by atoms with van der Waals surface area (Å²) in [6.07, 6.45) is 0. The number of hydrogen-bond donors (Lipinski definition) is 4. The van der Waals surface area contributed by atoms with Crippen LogP contribution in [0.3, 0.4) is 0 Å². The minimum atomic E-state index is -0.681. The minimum Gasteiger partial charge on any atom is -0.352 e. The highest BCUT2D eigenvalue weighted by Crippen LogP contribution is 2.10. The highest BCUT2D eigenvalue weighted by atomic mass is 19.1. The van der Waals surface area contributed by atoms with Crippen LogP contribution in [-0.4, -0.2) is 31.6 Å². The maximum absolute atomic E-state index is 13.2. The molecule has 0 saturated carbocycles. The van der Waals surface area contributed by atoms with E-state index in [2.05, 4.69) is 22.5 Å². The van der Waals surface area contributed by atoms with Crippen LogP contribution in [0.2, 0.25) is 0 Å². The van der Waals surface area contributed by atoms with Gasteiger partial charge in [-0.05, 0) is 18.2 Å². The fourth-order valence-corrected chi connectivity index (χ4v) is 1.42. The molecule has 0 bridgehead atoms. The Bertz CT molecular complexity index is 563. The lowest BCUT2D eigenvalue weighted by atomic mass is 10.1. The van der Waals surface area contributed by atoms with E-state index in [0.29, 0.717) is 5.56 Å². The zero-order valence-electron chi connectivity index (χ0n) is 10.7. The number of amides is 3. The molecule has 7 heteroatoms. The topological polar surface area (TPSA) is 110 Å². The van der Waals surface area contributed by atoms with E-state index in [1.54, 1.807) is 0 Å². The van der Waals surface area contributed by atoms with Crippen LogP contribution in [0.4, 0.5) is 9.18 Å². The van der Waals surface area contributed by atoms with E-state index >= 15 is 0 Å². The molecule has 0 aliphatic rings. The van der Waals surface area contributed by atoms with Gasteiger partial charge in [0.05, 0.1) is 12.1 Å². The zero-order chi connectivity index (χ0) is 15.0. The summed E-state index contributed by atoms with van der Waals surface area (Å²) in [5.74, 6) is 4.27. The number of nitrogens with one attached hydrogen (secondary N) is 2. The normalized spacial score (nSPS) is 9.30. The average molecular weight is 278 g/mol. The van der Waals surface area contributed by atoms with Crippen molar-refractivity contribution in [3.05, 3.63) is 35.1 Å². The van der Waals surface area contributed by atoms with Crippen LogP contribution in [0, 0.1) is 17.7 Å². The number of hydrogen-bond acceptors (Lipinski definition) is 3. The number of rotatable bonds is 4. The Labute approximate surface area is 115 Å². The Morgan fingerprint density at radius 3 is 2.60 bits per heavy atom. The van der Waals surface area contributed by atoms with E-state index in [4.69, 9.17) is 11.5 Å². The fraction of sp³-hybridized carbons (Fsp3) is 0.231. The molecule has 0 heterocycles. The van der Waals surface area contributed by atoms with Crippen molar-refractivity contribution in [2.24, 2.45) is 11.5 Å². The van der Waals surface area contributed by atoms with E-state index < -0.39 is 17.8 Å². The molecule has 106 valence electrons. The molecule has 1 aromatic carbocycles. The number of carbonyl (C=O) groups is 2. The lowest BCUT2D eigenvalue weighted by Crippen LogP contribution is -2.37. The van der Waals surface area contributed by atoms with Crippen molar-refractivity contribution in [2.75, 3.05) is 19.6 Å². The summed E-state index contributed by atoms with van der Waals surface area (Å²) in [6, 6.07) is 3.04. The van der Waals surface area contributed by atoms with Gasteiger partial charge in [-0.15, -0.1) is 0 Å². The number of carbonyl (C=O) groups excluding carboxylic acids is 2. The molecule has 0 saturated heterocycles. The van der Waals surface area contributed by atoms with Gasteiger partial charge < -0.3 is 22.1 Å². The standard InChI is InChI=1S/C13H15FN4O2/c14-10-4-3-9(2-1-5-15)11(8-10)12(19)17-6-7-18-13(16)20/h3-4,8H,5-7,15H2,(H,17,19)(H3,16,18,20). The molecule has 1 rings (SSSR count). The second kappa shape index (κ2) is 7.76. The summed E-state index contributed by atoms with van der Waals surface area (Å²) in [5, 5.41) is 4.84. The highest BCUT2D eigenvalue weighted by molar-refractivity contribution is 5.96. The first-order valence-electron chi connectivity index (χ1n) is 5.84. The first-order chi connectivity index (χ1) is 9.54. The van der Waals surface area contributed by atoms with Gasteiger partial charge in [0.15, 0.2) is 0 Å². The second-order valence-corrected chi connectivity index (χ2v) is 3.74. The third-order valence-corrected chi connectivity index (χ3v) is 2.26. The van der Waals surface area contributed by atoms with Gasteiger partial charge in [-0.25, -0.2) is 9.18 Å². The number of benzene rings is 1. The number of primary amides is 1. The van der Waals surface area contributed by atoms with Crippen molar-refractivity contribution >= 4 is 11.9 Å². The molecule has 0 spiro atoms. The molecule has 1 aromatic rings. The molecular weight excluding hydrogens is 263 g/mol. The summed E-state index contributed by atoms with van der Waals surface area (Å²) in [6.45, 7) is 0.489. The second-order valence-electron chi connectivity index (χ2n) is 3.74. The third-order valence-electron chi connectivity index (χ3n) is 2.26. The van der Waals surface area contributed by atoms with Crippen LogP contribution in [0.5, 0.6) is 0 Å². The first kappa shape index (κ1) is 15.5. The van der Waals surface area contributed by atoms with Crippen LogP contribution in [0.25, 0.3) is 0 Å². The van der Waals surface area contributed by atoms with Crippen molar-refractivity contribution in [1.29, 1.82) is 0 Å². The van der Waals surface area contributed by atoms with Crippen LogP contribution in [0.15, 0.2) is 18.2 Å². The summed E-state index contributed by atoms with van der Waals surface area (Å²) >= 11 is 0. The van der Waals surface area contributed by atoms with Crippen molar-refractivity contribution < 1.29 is 14.0 Å². The summed E-state index contributed by atoms with van der Waals surface area (Å²) in [4.78, 5) is 22.4. The average Bonchev–Trinajstić information content (AvgIpc) is 2.41. The van der Waals surface area contributed by atoms with Gasteiger partial charge in [-0.3, -0.25) is 4.79 Å². The van der Waals surface area contributed by atoms with Gasteiger partial charge in [0.1, 0.15) is 5.82 Å². The van der Waals surface area contributed by atoms with E-state index in [0.717, 1.165) is 6.07 Å². The highest BCUT2D eigenvalue weighted by Gasteiger charge is 2.11. The van der Waals surface area contributed by atoms with Gasteiger partial charge in [0.2, 0.25) is 0 Å². The number of halogens is 1. The van der Waals surface area contributed by atoms with Crippen LogP contribution < -0.4 is 22.1 Å². The summed E-state index contributed by atoms with van der Waals surface area (Å²) in [7, 11) is 0. The molecule has 20 heavy (non-hydrogen) atoms. The van der Waals surface area contributed by atoms with Crippen molar-refractivity contribution in [3.8, 4) is 11.8 Å². The third kappa shape index (κ3) is 4.96. The summed E-state index contributed by atoms with van der Waals surface area (Å²) in [5.41, 5.74) is 10.6. The van der Waals surface area contributed by atoms with E-state index in [1.807, 2.05) is 0 Å². The number of urea groups is 1. The molecule has 0 radical (unpaired) electrons. The molecule has 3 amide bonds. The molecule has 0 aromatic heterocycles. The minimum absolute atomic E-state index is 0.116. The largest absolute Gasteiger partial charge is 0.352 e. The SMILES string of the molecule is NCC#Cc1ccc(F)cc1C(=O)NCCNC(N)=O. The predicted octanol–water partition coefficient (Wildman–Crippen LogP) is -0.466. The molecular formula is C13H15FN4O2. The van der Waals surface area contributed by atoms with Gasteiger partial charge >= 0.3 is 6.03 Å². The fourth-order valence-electron chi connectivity index (χ4n) is 1.42. The van der Waals surface area contributed by atoms with E-state index in [9.17, 15) is 14.0 Å². The van der Waals surface area contributed by atoms with Crippen LogP contribution >= 0.6 is 0 Å². The Hall–Kier alpha value is -2.59. The lowest BCUT2D eigenvalue weighted by Gasteiger charge is -2.07. The maximum Gasteiger partial charge on any atom is 0.312 e. The molecule has 0 aliphatic carbocycles. The van der Waals surface area contributed by atoms with Gasteiger partial charge in [-0.2, -0.15) is 0 Å². The monoisotopic (exact) mass is 278 g/mol.